The predicted octanol–water partition coefficient (Wildman–Crippen LogP) is 4.48. The standard InChI is InChI=1S/C21H21NO2S/c1-16-12-13-19(25-16)14-22-20(23)15-24-21(17-8-4-2-5-9-17)18-10-6-3-7-11-18/h2-13,21H,14-15H2,1H3,(H,22,23). The Morgan fingerprint density at radius 3 is 2.08 bits per heavy atom. The van der Waals surface area contributed by atoms with Crippen LogP contribution in [0.1, 0.15) is 27.0 Å². The number of ether oxygens (including phenoxy) is 1. The fraction of sp³-hybridized carbons (Fsp3) is 0.190. The molecule has 4 heteroatoms. The maximum atomic E-state index is 12.2. The lowest BCUT2D eigenvalue weighted by molar-refractivity contribution is -0.127. The van der Waals surface area contributed by atoms with Crippen LogP contribution in [0.4, 0.5) is 0 Å². The van der Waals surface area contributed by atoms with Crippen molar-refractivity contribution in [1.29, 1.82) is 0 Å². The van der Waals surface area contributed by atoms with Crippen molar-refractivity contribution in [3.8, 4) is 0 Å². The van der Waals surface area contributed by atoms with Crippen LogP contribution in [0.3, 0.4) is 0 Å². The van der Waals surface area contributed by atoms with Crippen LogP contribution in [0.15, 0.2) is 72.8 Å². The number of rotatable bonds is 7. The Kier molecular flexibility index (Phi) is 5.99. The molecule has 128 valence electrons. The summed E-state index contributed by atoms with van der Waals surface area (Å²) in [7, 11) is 0. The molecule has 1 amide bonds. The summed E-state index contributed by atoms with van der Waals surface area (Å²) in [5.41, 5.74) is 2.07. The number of carbonyl (C=O) groups is 1. The molecule has 0 bridgehead atoms. The molecule has 1 heterocycles. The Balaban J connectivity index is 1.61. The van der Waals surface area contributed by atoms with Gasteiger partial charge in [0.1, 0.15) is 12.7 Å². The Labute approximate surface area is 152 Å². The summed E-state index contributed by atoms with van der Waals surface area (Å²) < 4.78 is 5.96. The molecule has 1 N–H and O–H groups in total. The van der Waals surface area contributed by atoms with Gasteiger partial charge in [0.25, 0.3) is 0 Å². The first-order chi connectivity index (χ1) is 12.2. The van der Waals surface area contributed by atoms with Gasteiger partial charge in [-0.25, -0.2) is 0 Å². The van der Waals surface area contributed by atoms with Crippen LogP contribution >= 0.6 is 11.3 Å². The van der Waals surface area contributed by atoms with E-state index in [4.69, 9.17) is 4.74 Å². The van der Waals surface area contributed by atoms with Crippen molar-refractivity contribution in [2.45, 2.75) is 19.6 Å². The first-order valence-corrected chi connectivity index (χ1v) is 9.07. The number of hydrogen-bond donors (Lipinski definition) is 1. The largest absolute Gasteiger partial charge is 0.359 e. The number of carbonyl (C=O) groups excluding carboxylic acids is 1. The summed E-state index contributed by atoms with van der Waals surface area (Å²) in [6, 6.07) is 24.0. The number of thiophene rings is 1. The molecule has 0 aliphatic carbocycles. The number of aryl methyl sites for hydroxylation is 1. The van der Waals surface area contributed by atoms with E-state index in [-0.39, 0.29) is 18.6 Å². The van der Waals surface area contributed by atoms with E-state index in [0.29, 0.717) is 6.54 Å². The second kappa shape index (κ2) is 8.60. The van der Waals surface area contributed by atoms with Gasteiger partial charge in [-0.05, 0) is 30.2 Å². The molecular formula is C21H21NO2S. The zero-order valence-electron chi connectivity index (χ0n) is 14.1. The normalized spacial score (nSPS) is 10.8. The minimum atomic E-state index is -0.253. The van der Waals surface area contributed by atoms with Crippen molar-refractivity contribution in [2.75, 3.05) is 6.61 Å². The third-order valence-corrected chi connectivity index (χ3v) is 4.84. The number of hydrogen-bond acceptors (Lipinski definition) is 3. The highest BCUT2D eigenvalue weighted by Gasteiger charge is 2.16. The van der Waals surface area contributed by atoms with Crippen molar-refractivity contribution in [3.05, 3.63) is 93.7 Å². The molecule has 3 aromatic rings. The van der Waals surface area contributed by atoms with E-state index < -0.39 is 0 Å². The van der Waals surface area contributed by atoms with Gasteiger partial charge in [-0.15, -0.1) is 11.3 Å². The lowest BCUT2D eigenvalue weighted by Gasteiger charge is -2.18. The Morgan fingerprint density at radius 2 is 1.56 bits per heavy atom. The van der Waals surface area contributed by atoms with E-state index in [1.54, 1.807) is 11.3 Å². The maximum Gasteiger partial charge on any atom is 0.246 e. The van der Waals surface area contributed by atoms with Gasteiger partial charge in [-0.1, -0.05) is 60.7 Å². The molecular weight excluding hydrogens is 330 g/mol. The van der Waals surface area contributed by atoms with Crippen LogP contribution in [0.25, 0.3) is 0 Å². The van der Waals surface area contributed by atoms with E-state index in [9.17, 15) is 4.79 Å². The molecule has 3 nitrogen and oxygen atoms in total. The molecule has 0 spiro atoms. The van der Waals surface area contributed by atoms with Crippen LogP contribution in [0, 0.1) is 6.92 Å². The minimum Gasteiger partial charge on any atom is -0.359 e. The van der Waals surface area contributed by atoms with E-state index in [0.717, 1.165) is 16.0 Å². The van der Waals surface area contributed by atoms with Crippen LogP contribution in [-0.2, 0) is 16.1 Å². The fourth-order valence-electron chi connectivity index (χ4n) is 2.62. The van der Waals surface area contributed by atoms with Crippen molar-refractivity contribution in [2.24, 2.45) is 0 Å². The second-order valence-electron chi connectivity index (χ2n) is 5.80. The van der Waals surface area contributed by atoms with Crippen LogP contribution in [0.2, 0.25) is 0 Å². The van der Waals surface area contributed by atoms with Gasteiger partial charge in [-0.3, -0.25) is 4.79 Å². The number of amides is 1. The highest BCUT2D eigenvalue weighted by Crippen LogP contribution is 2.25. The first kappa shape index (κ1) is 17.4. The molecule has 0 aliphatic rings. The molecule has 0 fully saturated rings. The molecule has 1 aromatic heterocycles. The molecule has 0 saturated carbocycles. The van der Waals surface area contributed by atoms with Gasteiger partial charge in [0.15, 0.2) is 0 Å². The Bertz CT molecular complexity index is 760. The summed E-state index contributed by atoms with van der Waals surface area (Å²) in [4.78, 5) is 14.5. The molecule has 0 saturated heterocycles. The SMILES string of the molecule is Cc1ccc(CNC(=O)COC(c2ccccc2)c2ccccc2)s1. The zero-order valence-corrected chi connectivity index (χ0v) is 15.0. The molecule has 3 rings (SSSR count). The van der Waals surface area contributed by atoms with E-state index in [1.165, 1.54) is 4.88 Å². The van der Waals surface area contributed by atoms with Gasteiger partial charge in [-0.2, -0.15) is 0 Å². The Hall–Kier alpha value is -2.43. The van der Waals surface area contributed by atoms with Crippen molar-refractivity contribution in [3.63, 3.8) is 0 Å². The highest BCUT2D eigenvalue weighted by atomic mass is 32.1. The zero-order chi connectivity index (χ0) is 17.5. The third kappa shape index (κ3) is 5.02. The fourth-order valence-corrected chi connectivity index (χ4v) is 3.45. The summed E-state index contributed by atoms with van der Waals surface area (Å²) in [6.07, 6.45) is -0.253. The van der Waals surface area contributed by atoms with Gasteiger partial charge in [0.05, 0.1) is 6.54 Å². The second-order valence-corrected chi connectivity index (χ2v) is 7.17. The molecule has 25 heavy (non-hydrogen) atoms. The maximum absolute atomic E-state index is 12.2. The Morgan fingerprint density at radius 1 is 0.960 bits per heavy atom. The molecule has 0 unspecified atom stereocenters. The number of benzene rings is 2. The van der Waals surface area contributed by atoms with Crippen LogP contribution in [0.5, 0.6) is 0 Å². The van der Waals surface area contributed by atoms with Crippen molar-refractivity contribution < 1.29 is 9.53 Å². The molecule has 0 radical (unpaired) electrons. The third-order valence-electron chi connectivity index (χ3n) is 3.84. The van der Waals surface area contributed by atoms with Gasteiger partial charge in [0, 0.05) is 9.75 Å². The first-order valence-electron chi connectivity index (χ1n) is 8.26. The lowest BCUT2D eigenvalue weighted by Crippen LogP contribution is -2.27. The van der Waals surface area contributed by atoms with Crippen molar-refractivity contribution >= 4 is 17.2 Å². The summed E-state index contributed by atoms with van der Waals surface area (Å²) in [6.45, 7) is 2.63. The van der Waals surface area contributed by atoms with Crippen molar-refractivity contribution in [1.82, 2.24) is 5.32 Å². The van der Waals surface area contributed by atoms with Gasteiger partial charge >= 0.3 is 0 Å². The monoisotopic (exact) mass is 351 g/mol. The summed E-state index contributed by atoms with van der Waals surface area (Å²) in [5, 5.41) is 2.92. The van der Waals surface area contributed by atoms with E-state index in [1.807, 2.05) is 66.7 Å². The molecule has 0 atom stereocenters. The van der Waals surface area contributed by atoms with E-state index in [2.05, 4.69) is 18.3 Å². The van der Waals surface area contributed by atoms with Gasteiger partial charge < -0.3 is 10.1 Å². The average Bonchev–Trinajstić information content (AvgIpc) is 3.07. The van der Waals surface area contributed by atoms with Crippen LogP contribution in [-0.4, -0.2) is 12.5 Å². The topological polar surface area (TPSA) is 38.3 Å². The van der Waals surface area contributed by atoms with Crippen LogP contribution < -0.4 is 5.32 Å². The van der Waals surface area contributed by atoms with E-state index >= 15 is 0 Å². The quantitative estimate of drug-likeness (QED) is 0.682. The lowest BCUT2D eigenvalue weighted by atomic mass is 10.0. The predicted molar refractivity (Wildman–Crippen MR) is 102 cm³/mol. The number of nitrogens with one attached hydrogen (secondary N) is 1. The average molecular weight is 351 g/mol. The smallest absolute Gasteiger partial charge is 0.246 e. The minimum absolute atomic E-state index is 0.0266. The summed E-state index contributed by atoms with van der Waals surface area (Å²) >= 11 is 1.69. The summed E-state index contributed by atoms with van der Waals surface area (Å²) in [5.74, 6) is -0.108. The highest BCUT2D eigenvalue weighted by molar-refractivity contribution is 7.11. The van der Waals surface area contributed by atoms with Gasteiger partial charge in [0.2, 0.25) is 5.91 Å². The molecule has 0 aliphatic heterocycles. The molecule has 2 aromatic carbocycles.